The summed E-state index contributed by atoms with van der Waals surface area (Å²) in [6.45, 7) is 6.16. The van der Waals surface area contributed by atoms with Crippen LogP contribution in [0, 0.1) is 5.92 Å². The van der Waals surface area contributed by atoms with E-state index in [1.54, 1.807) is 0 Å². The molecule has 0 aromatic heterocycles. The topological polar surface area (TPSA) is 58.6 Å². The standard InChI is InChI=1S/C13H24N2O3/c1-4-11-5-7-15(8-6-11)9-12(13(17)18-3)14-10(2)16/h11-12H,4-9H2,1-3H3,(H,14,16). The molecule has 1 N–H and O–H groups in total. The van der Waals surface area contributed by atoms with Crippen molar-refractivity contribution in [1.82, 2.24) is 10.2 Å². The second kappa shape index (κ2) is 7.36. The van der Waals surface area contributed by atoms with Crippen molar-refractivity contribution < 1.29 is 14.3 Å². The molecular weight excluding hydrogens is 232 g/mol. The number of nitrogens with one attached hydrogen (secondary N) is 1. The van der Waals surface area contributed by atoms with Gasteiger partial charge in [-0.25, -0.2) is 4.79 Å². The fourth-order valence-corrected chi connectivity index (χ4v) is 2.40. The number of methoxy groups -OCH3 is 1. The van der Waals surface area contributed by atoms with Gasteiger partial charge >= 0.3 is 5.97 Å². The molecule has 1 aliphatic heterocycles. The molecule has 0 aromatic rings. The first-order valence-corrected chi connectivity index (χ1v) is 6.64. The predicted molar refractivity (Wildman–Crippen MR) is 69.1 cm³/mol. The molecule has 104 valence electrons. The highest BCUT2D eigenvalue weighted by molar-refractivity contribution is 5.83. The Hall–Kier alpha value is -1.10. The molecule has 1 rings (SSSR count). The minimum Gasteiger partial charge on any atom is -0.467 e. The third-order valence-electron chi connectivity index (χ3n) is 3.59. The third kappa shape index (κ3) is 4.64. The van der Waals surface area contributed by atoms with Gasteiger partial charge in [0.05, 0.1) is 7.11 Å². The Morgan fingerprint density at radius 1 is 1.39 bits per heavy atom. The van der Waals surface area contributed by atoms with Crippen LogP contribution in [0.15, 0.2) is 0 Å². The number of hydrogen-bond acceptors (Lipinski definition) is 4. The second-order valence-corrected chi connectivity index (χ2v) is 4.93. The van der Waals surface area contributed by atoms with Gasteiger partial charge < -0.3 is 15.0 Å². The van der Waals surface area contributed by atoms with E-state index in [0.29, 0.717) is 6.54 Å². The minimum atomic E-state index is -0.550. The van der Waals surface area contributed by atoms with Gasteiger partial charge in [0.2, 0.25) is 5.91 Å². The molecule has 1 amide bonds. The summed E-state index contributed by atoms with van der Waals surface area (Å²) in [6, 6.07) is -0.550. The predicted octanol–water partition coefficient (Wildman–Crippen LogP) is 0.786. The van der Waals surface area contributed by atoms with Crippen molar-refractivity contribution in [2.45, 2.75) is 39.2 Å². The zero-order valence-electron chi connectivity index (χ0n) is 11.6. The van der Waals surface area contributed by atoms with Crippen LogP contribution < -0.4 is 5.32 Å². The van der Waals surface area contributed by atoms with Crippen LogP contribution in [-0.2, 0) is 14.3 Å². The normalized spacial score (nSPS) is 19.3. The maximum atomic E-state index is 11.6. The molecule has 1 fully saturated rings. The molecule has 0 radical (unpaired) electrons. The summed E-state index contributed by atoms with van der Waals surface area (Å²) in [6.07, 6.45) is 3.56. The molecule has 0 bridgehead atoms. The lowest BCUT2D eigenvalue weighted by molar-refractivity contribution is -0.145. The molecule has 1 aliphatic rings. The van der Waals surface area contributed by atoms with Gasteiger partial charge in [0.25, 0.3) is 0 Å². The van der Waals surface area contributed by atoms with Crippen molar-refractivity contribution in [2.24, 2.45) is 5.92 Å². The Labute approximate surface area is 109 Å². The number of likely N-dealkylation sites (tertiary alicyclic amines) is 1. The van der Waals surface area contributed by atoms with Gasteiger partial charge in [-0.05, 0) is 31.8 Å². The molecule has 18 heavy (non-hydrogen) atoms. The highest BCUT2D eigenvalue weighted by atomic mass is 16.5. The van der Waals surface area contributed by atoms with E-state index in [0.717, 1.165) is 19.0 Å². The van der Waals surface area contributed by atoms with Gasteiger partial charge in [-0.1, -0.05) is 13.3 Å². The summed E-state index contributed by atoms with van der Waals surface area (Å²) in [5.41, 5.74) is 0. The first-order chi connectivity index (χ1) is 8.56. The number of nitrogens with zero attached hydrogens (tertiary/aromatic N) is 1. The number of amides is 1. The first-order valence-electron chi connectivity index (χ1n) is 6.64. The van der Waals surface area contributed by atoms with Crippen LogP contribution in [0.5, 0.6) is 0 Å². The van der Waals surface area contributed by atoms with E-state index >= 15 is 0 Å². The van der Waals surface area contributed by atoms with Crippen LogP contribution >= 0.6 is 0 Å². The van der Waals surface area contributed by atoms with Gasteiger partial charge in [-0.15, -0.1) is 0 Å². The molecule has 1 atom stereocenters. The number of hydrogen-bond donors (Lipinski definition) is 1. The van der Waals surface area contributed by atoms with Crippen molar-refractivity contribution in [3.05, 3.63) is 0 Å². The van der Waals surface area contributed by atoms with Crippen LogP contribution in [-0.4, -0.2) is 49.6 Å². The van der Waals surface area contributed by atoms with Crippen molar-refractivity contribution in [1.29, 1.82) is 0 Å². The molecule has 1 heterocycles. The smallest absolute Gasteiger partial charge is 0.329 e. The largest absolute Gasteiger partial charge is 0.467 e. The number of ether oxygens (including phenoxy) is 1. The van der Waals surface area contributed by atoms with E-state index in [4.69, 9.17) is 4.74 Å². The average molecular weight is 256 g/mol. The van der Waals surface area contributed by atoms with Crippen LogP contribution in [0.25, 0.3) is 0 Å². The summed E-state index contributed by atoms with van der Waals surface area (Å²) in [4.78, 5) is 24.9. The first kappa shape index (κ1) is 15.0. The van der Waals surface area contributed by atoms with Crippen molar-refractivity contribution in [3.8, 4) is 0 Å². The number of carbonyl (C=O) groups excluding carboxylic acids is 2. The van der Waals surface area contributed by atoms with Crippen molar-refractivity contribution in [2.75, 3.05) is 26.7 Å². The van der Waals surface area contributed by atoms with Gasteiger partial charge in [-0.2, -0.15) is 0 Å². The monoisotopic (exact) mass is 256 g/mol. The Morgan fingerprint density at radius 2 is 2.00 bits per heavy atom. The molecule has 5 heteroatoms. The fourth-order valence-electron chi connectivity index (χ4n) is 2.40. The Balaban J connectivity index is 2.46. The van der Waals surface area contributed by atoms with E-state index in [1.165, 1.54) is 33.3 Å². The molecule has 0 aromatic carbocycles. The Morgan fingerprint density at radius 3 is 2.44 bits per heavy atom. The minimum absolute atomic E-state index is 0.200. The van der Waals surface area contributed by atoms with E-state index in [-0.39, 0.29) is 11.9 Å². The number of carbonyl (C=O) groups is 2. The lowest BCUT2D eigenvalue weighted by atomic mass is 9.94. The summed E-state index contributed by atoms with van der Waals surface area (Å²) < 4.78 is 4.72. The van der Waals surface area contributed by atoms with Gasteiger partial charge in [0.1, 0.15) is 6.04 Å². The molecule has 1 saturated heterocycles. The van der Waals surface area contributed by atoms with E-state index < -0.39 is 6.04 Å². The van der Waals surface area contributed by atoms with Gasteiger partial charge in [-0.3, -0.25) is 4.79 Å². The second-order valence-electron chi connectivity index (χ2n) is 4.93. The van der Waals surface area contributed by atoms with Crippen LogP contribution in [0.3, 0.4) is 0 Å². The zero-order chi connectivity index (χ0) is 13.5. The molecular formula is C13H24N2O3. The third-order valence-corrected chi connectivity index (χ3v) is 3.59. The van der Waals surface area contributed by atoms with Crippen molar-refractivity contribution >= 4 is 11.9 Å². The average Bonchev–Trinajstić information content (AvgIpc) is 2.37. The molecule has 1 unspecified atom stereocenters. The molecule has 0 saturated carbocycles. The summed E-state index contributed by atoms with van der Waals surface area (Å²) in [5, 5.41) is 2.65. The van der Waals surface area contributed by atoms with Gasteiger partial charge in [0.15, 0.2) is 0 Å². The maximum Gasteiger partial charge on any atom is 0.329 e. The summed E-state index contributed by atoms with van der Waals surface area (Å²) >= 11 is 0. The van der Waals surface area contributed by atoms with Crippen LogP contribution in [0.4, 0.5) is 0 Å². The maximum absolute atomic E-state index is 11.6. The highest BCUT2D eigenvalue weighted by Crippen LogP contribution is 2.19. The highest BCUT2D eigenvalue weighted by Gasteiger charge is 2.25. The van der Waals surface area contributed by atoms with Crippen LogP contribution in [0.1, 0.15) is 33.1 Å². The summed E-state index contributed by atoms with van der Waals surface area (Å²) in [7, 11) is 1.35. The van der Waals surface area contributed by atoms with Gasteiger partial charge in [0, 0.05) is 13.5 Å². The quantitative estimate of drug-likeness (QED) is 0.739. The number of rotatable bonds is 5. The van der Waals surface area contributed by atoms with E-state index in [1.807, 2.05) is 0 Å². The summed E-state index contributed by atoms with van der Waals surface area (Å²) in [5.74, 6) is 0.232. The molecule has 5 nitrogen and oxygen atoms in total. The molecule has 0 aliphatic carbocycles. The Kier molecular flexibility index (Phi) is 6.12. The van der Waals surface area contributed by atoms with E-state index in [2.05, 4.69) is 17.1 Å². The Bertz CT molecular complexity index is 286. The van der Waals surface area contributed by atoms with Crippen LogP contribution in [0.2, 0.25) is 0 Å². The fraction of sp³-hybridized carbons (Fsp3) is 0.846. The molecule has 0 spiro atoms. The lowest BCUT2D eigenvalue weighted by Crippen LogP contribution is -2.50. The SMILES string of the molecule is CCC1CCN(CC(NC(C)=O)C(=O)OC)CC1. The lowest BCUT2D eigenvalue weighted by Gasteiger charge is -2.33. The zero-order valence-corrected chi connectivity index (χ0v) is 11.6. The van der Waals surface area contributed by atoms with E-state index in [9.17, 15) is 9.59 Å². The number of piperidine rings is 1. The number of esters is 1. The van der Waals surface area contributed by atoms with Crippen molar-refractivity contribution in [3.63, 3.8) is 0 Å².